The van der Waals surface area contributed by atoms with E-state index < -0.39 is 5.54 Å². The third-order valence-electron chi connectivity index (χ3n) is 3.73. The standard InChI is InChI=1S/C12H17N5O/c1-8-2-4-12(13,5-3-8)11-16-10(17-18-11)9-14-6-7-15-9/h6-8H,2-5,13H2,1H3,(H,14,15). The van der Waals surface area contributed by atoms with E-state index in [2.05, 4.69) is 27.0 Å². The number of rotatable bonds is 2. The normalized spacial score (nSPS) is 28.4. The molecule has 0 spiro atoms. The van der Waals surface area contributed by atoms with Gasteiger partial charge in [-0.1, -0.05) is 12.1 Å². The summed E-state index contributed by atoms with van der Waals surface area (Å²) in [6.45, 7) is 2.25. The van der Waals surface area contributed by atoms with Gasteiger partial charge in [0.15, 0.2) is 5.82 Å². The van der Waals surface area contributed by atoms with E-state index >= 15 is 0 Å². The van der Waals surface area contributed by atoms with Gasteiger partial charge >= 0.3 is 0 Å². The minimum atomic E-state index is -0.468. The third-order valence-corrected chi connectivity index (χ3v) is 3.73. The van der Waals surface area contributed by atoms with Crippen LogP contribution in [0.1, 0.15) is 38.5 Å². The van der Waals surface area contributed by atoms with Gasteiger partial charge in [-0.25, -0.2) is 4.98 Å². The lowest BCUT2D eigenvalue weighted by Gasteiger charge is -2.32. The Kier molecular flexibility index (Phi) is 2.66. The van der Waals surface area contributed by atoms with Crippen LogP contribution in [0.5, 0.6) is 0 Å². The van der Waals surface area contributed by atoms with E-state index in [1.54, 1.807) is 12.4 Å². The van der Waals surface area contributed by atoms with Gasteiger partial charge in [0.05, 0.1) is 5.54 Å². The molecule has 0 atom stereocenters. The maximum Gasteiger partial charge on any atom is 0.247 e. The van der Waals surface area contributed by atoms with E-state index in [9.17, 15) is 0 Å². The Bertz CT molecular complexity index is 510. The van der Waals surface area contributed by atoms with Crippen molar-refractivity contribution in [2.45, 2.75) is 38.1 Å². The maximum absolute atomic E-state index is 6.38. The molecule has 0 saturated heterocycles. The van der Waals surface area contributed by atoms with Gasteiger partial charge in [0.1, 0.15) is 0 Å². The van der Waals surface area contributed by atoms with Crippen LogP contribution in [0.3, 0.4) is 0 Å². The SMILES string of the molecule is CC1CCC(N)(c2nc(-c3ncc[nH]3)no2)CC1. The summed E-state index contributed by atoms with van der Waals surface area (Å²) >= 11 is 0. The van der Waals surface area contributed by atoms with E-state index in [0.29, 0.717) is 17.5 Å². The van der Waals surface area contributed by atoms with E-state index in [-0.39, 0.29) is 0 Å². The number of nitrogens with two attached hydrogens (primary N) is 1. The molecule has 2 aromatic heterocycles. The smallest absolute Gasteiger partial charge is 0.247 e. The molecule has 2 heterocycles. The Labute approximate surface area is 105 Å². The number of aromatic nitrogens is 4. The molecule has 3 N–H and O–H groups in total. The van der Waals surface area contributed by atoms with Crippen molar-refractivity contribution in [3.63, 3.8) is 0 Å². The molecule has 6 heteroatoms. The van der Waals surface area contributed by atoms with Crippen molar-refractivity contribution in [3.05, 3.63) is 18.3 Å². The van der Waals surface area contributed by atoms with E-state index in [4.69, 9.17) is 10.3 Å². The molecule has 0 unspecified atom stereocenters. The van der Waals surface area contributed by atoms with E-state index in [1.807, 2.05) is 0 Å². The summed E-state index contributed by atoms with van der Waals surface area (Å²) in [4.78, 5) is 11.4. The predicted octanol–water partition coefficient (Wildman–Crippen LogP) is 1.82. The van der Waals surface area contributed by atoms with Crippen LogP contribution in [0.15, 0.2) is 16.9 Å². The Morgan fingerprint density at radius 3 is 2.89 bits per heavy atom. The molecule has 96 valence electrons. The summed E-state index contributed by atoms with van der Waals surface area (Å²) in [5.41, 5.74) is 5.91. The molecule has 0 radical (unpaired) electrons. The predicted molar refractivity (Wildman–Crippen MR) is 65.4 cm³/mol. The lowest BCUT2D eigenvalue weighted by atomic mass is 9.78. The second-order valence-corrected chi connectivity index (χ2v) is 5.20. The fourth-order valence-corrected chi connectivity index (χ4v) is 2.40. The van der Waals surface area contributed by atoms with E-state index in [0.717, 1.165) is 31.6 Å². The fourth-order valence-electron chi connectivity index (χ4n) is 2.40. The molecule has 3 rings (SSSR count). The molecule has 0 bridgehead atoms. The lowest BCUT2D eigenvalue weighted by Crippen LogP contribution is -2.40. The van der Waals surface area contributed by atoms with Crippen molar-refractivity contribution in [1.82, 2.24) is 20.1 Å². The summed E-state index contributed by atoms with van der Waals surface area (Å²) in [6, 6.07) is 0. The lowest BCUT2D eigenvalue weighted by molar-refractivity contribution is 0.190. The first-order valence-corrected chi connectivity index (χ1v) is 6.30. The van der Waals surface area contributed by atoms with Gasteiger partial charge in [-0.2, -0.15) is 4.98 Å². The first-order chi connectivity index (χ1) is 8.67. The first-order valence-electron chi connectivity index (χ1n) is 6.30. The largest absolute Gasteiger partial charge is 0.342 e. The minimum absolute atomic E-state index is 0.468. The second kappa shape index (κ2) is 4.20. The molecule has 0 amide bonds. The van der Waals surface area contributed by atoms with Crippen molar-refractivity contribution in [1.29, 1.82) is 0 Å². The number of aromatic amines is 1. The van der Waals surface area contributed by atoms with Crippen molar-refractivity contribution < 1.29 is 4.52 Å². The van der Waals surface area contributed by atoms with Crippen LogP contribution in [-0.2, 0) is 5.54 Å². The minimum Gasteiger partial charge on any atom is -0.342 e. The number of hydrogen-bond acceptors (Lipinski definition) is 5. The maximum atomic E-state index is 6.38. The van der Waals surface area contributed by atoms with Crippen LogP contribution in [0.25, 0.3) is 11.6 Å². The van der Waals surface area contributed by atoms with Gasteiger partial charge in [-0.15, -0.1) is 0 Å². The van der Waals surface area contributed by atoms with Gasteiger partial charge in [-0.05, 0) is 31.6 Å². The summed E-state index contributed by atoms with van der Waals surface area (Å²) in [5.74, 6) is 2.34. The zero-order chi connectivity index (χ0) is 12.6. The molecule has 1 aliphatic carbocycles. The highest BCUT2D eigenvalue weighted by Gasteiger charge is 2.37. The molecule has 0 aromatic carbocycles. The third kappa shape index (κ3) is 1.92. The highest BCUT2D eigenvalue weighted by molar-refractivity contribution is 5.41. The Morgan fingerprint density at radius 2 is 2.22 bits per heavy atom. The van der Waals surface area contributed by atoms with Crippen LogP contribution >= 0.6 is 0 Å². The molecule has 0 aliphatic heterocycles. The molecular weight excluding hydrogens is 230 g/mol. The summed E-state index contributed by atoms with van der Waals surface area (Å²) in [6.07, 6.45) is 7.39. The fraction of sp³-hybridized carbons (Fsp3) is 0.583. The quantitative estimate of drug-likeness (QED) is 0.844. The molecule has 6 nitrogen and oxygen atoms in total. The summed E-state index contributed by atoms with van der Waals surface area (Å²) in [5, 5.41) is 3.94. The first kappa shape index (κ1) is 11.4. The Hall–Kier alpha value is -1.69. The van der Waals surface area contributed by atoms with Gasteiger partial charge in [0.2, 0.25) is 11.7 Å². The Balaban J connectivity index is 1.85. The van der Waals surface area contributed by atoms with Crippen LogP contribution in [0.2, 0.25) is 0 Å². The van der Waals surface area contributed by atoms with Crippen molar-refractivity contribution >= 4 is 0 Å². The summed E-state index contributed by atoms with van der Waals surface area (Å²) in [7, 11) is 0. The highest BCUT2D eigenvalue weighted by Crippen LogP contribution is 2.36. The van der Waals surface area contributed by atoms with Crippen LogP contribution in [0, 0.1) is 5.92 Å². The number of imidazole rings is 1. The topological polar surface area (TPSA) is 93.6 Å². The average molecular weight is 247 g/mol. The summed E-state index contributed by atoms with van der Waals surface area (Å²) < 4.78 is 5.32. The van der Waals surface area contributed by atoms with Gasteiger partial charge < -0.3 is 15.2 Å². The van der Waals surface area contributed by atoms with Crippen LogP contribution in [-0.4, -0.2) is 20.1 Å². The molecular formula is C12H17N5O. The molecule has 18 heavy (non-hydrogen) atoms. The zero-order valence-electron chi connectivity index (χ0n) is 10.4. The van der Waals surface area contributed by atoms with E-state index in [1.165, 1.54) is 0 Å². The van der Waals surface area contributed by atoms with Crippen LogP contribution in [0.4, 0.5) is 0 Å². The van der Waals surface area contributed by atoms with Crippen molar-refractivity contribution in [2.24, 2.45) is 11.7 Å². The second-order valence-electron chi connectivity index (χ2n) is 5.20. The average Bonchev–Trinajstić information content (AvgIpc) is 3.01. The Morgan fingerprint density at radius 1 is 1.44 bits per heavy atom. The number of nitrogens with one attached hydrogen (secondary N) is 1. The molecule has 1 fully saturated rings. The van der Waals surface area contributed by atoms with Gasteiger partial charge in [0, 0.05) is 12.4 Å². The number of nitrogens with zero attached hydrogens (tertiary/aromatic N) is 3. The molecule has 1 aliphatic rings. The van der Waals surface area contributed by atoms with Gasteiger partial charge in [-0.3, -0.25) is 0 Å². The molecule has 2 aromatic rings. The zero-order valence-corrected chi connectivity index (χ0v) is 10.4. The highest BCUT2D eigenvalue weighted by atomic mass is 16.5. The van der Waals surface area contributed by atoms with Crippen LogP contribution < -0.4 is 5.73 Å². The van der Waals surface area contributed by atoms with Gasteiger partial charge in [0.25, 0.3) is 0 Å². The monoisotopic (exact) mass is 247 g/mol. The van der Waals surface area contributed by atoms with Crippen molar-refractivity contribution in [3.8, 4) is 11.6 Å². The molecule has 1 saturated carbocycles. The van der Waals surface area contributed by atoms with Crippen molar-refractivity contribution in [2.75, 3.05) is 0 Å². The number of hydrogen-bond donors (Lipinski definition) is 2. The number of H-pyrrole nitrogens is 1.